The Morgan fingerprint density at radius 3 is 2.61 bits per heavy atom. The number of hydrogen-bond donors (Lipinski definition) is 1. The maximum Gasteiger partial charge on any atom is 0.407 e. The predicted molar refractivity (Wildman–Crippen MR) is 150 cm³/mol. The molecule has 0 radical (unpaired) electrons. The van der Waals surface area contributed by atoms with Gasteiger partial charge in [-0.15, -0.1) is 0 Å². The second kappa shape index (κ2) is 8.81. The third kappa shape index (κ3) is 3.75. The Morgan fingerprint density at radius 1 is 1.24 bits per heavy atom. The first-order valence-corrected chi connectivity index (χ1v) is 14.5. The Bertz CT molecular complexity index is 1420. The number of hydrogen-bond acceptors (Lipinski definition) is 4. The van der Waals surface area contributed by atoms with Crippen molar-refractivity contribution >= 4 is 32.9 Å². The molecule has 1 spiro atoms. The van der Waals surface area contributed by atoms with Crippen LogP contribution in [-0.4, -0.2) is 54.6 Å². The highest BCUT2D eigenvalue weighted by atomic mass is 79.9. The SMILES string of the molecule is Cc1cc2c(cnn2C2CCCCO2)c(-c2c(Br)nc(C3CC4(C3)CN(C(=O)O)C4C(C)(C)C)n2C)c1C. The molecular weight excluding hydrogens is 546 g/mol. The average Bonchev–Trinajstić information content (AvgIpc) is 3.33. The molecule has 1 aliphatic carbocycles. The summed E-state index contributed by atoms with van der Waals surface area (Å²) in [4.78, 5) is 18.5. The molecule has 4 heterocycles. The van der Waals surface area contributed by atoms with Crippen LogP contribution in [-0.2, 0) is 11.8 Å². The number of ether oxygens (including phenoxy) is 1. The monoisotopic (exact) mass is 583 g/mol. The van der Waals surface area contributed by atoms with Crippen molar-refractivity contribution in [1.82, 2.24) is 24.2 Å². The Hall–Kier alpha value is -2.39. The van der Waals surface area contributed by atoms with Crippen LogP contribution in [0.4, 0.5) is 4.79 Å². The third-order valence-electron chi connectivity index (χ3n) is 9.29. The van der Waals surface area contributed by atoms with Crippen molar-refractivity contribution in [2.45, 2.75) is 84.9 Å². The van der Waals surface area contributed by atoms with Crippen LogP contribution in [0.2, 0.25) is 0 Å². The smallest absolute Gasteiger partial charge is 0.407 e. The van der Waals surface area contributed by atoms with Gasteiger partial charge in [0.2, 0.25) is 0 Å². The number of benzene rings is 1. The topological polar surface area (TPSA) is 85.4 Å². The normalized spacial score (nSPS) is 27.6. The number of amides is 1. The van der Waals surface area contributed by atoms with Crippen LogP contribution < -0.4 is 0 Å². The molecule has 2 aliphatic heterocycles. The van der Waals surface area contributed by atoms with Crippen LogP contribution in [0.1, 0.15) is 82.0 Å². The molecule has 3 aromatic rings. The fourth-order valence-electron chi connectivity index (χ4n) is 7.75. The summed E-state index contributed by atoms with van der Waals surface area (Å²) in [6, 6.07) is 2.27. The standard InChI is InChI=1S/C29H38BrN5O3/c1-16-11-20-19(14-31-35(20)21-9-7-8-10-38-21)22(17(16)2)23-24(30)32-25(33(23)6)18-12-29(13-18)15-34(27(36)37)26(29)28(3,4)5/h11,14,18,21,26H,7-10,12-13,15H2,1-6H3,(H,36,37). The van der Waals surface area contributed by atoms with E-state index in [2.05, 4.69) is 72.9 Å². The van der Waals surface area contributed by atoms with E-state index in [0.717, 1.165) is 71.3 Å². The number of nitrogens with zero attached hydrogens (tertiary/aromatic N) is 5. The summed E-state index contributed by atoms with van der Waals surface area (Å²) in [5.74, 6) is 1.38. The number of aryl methyl sites for hydroxylation is 1. The molecule has 3 fully saturated rings. The van der Waals surface area contributed by atoms with Crippen molar-refractivity contribution in [2.24, 2.45) is 17.9 Å². The van der Waals surface area contributed by atoms with Crippen molar-refractivity contribution in [3.8, 4) is 11.3 Å². The molecule has 8 nitrogen and oxygen atoms in total. The maximum absolute atomic E-state index is 11.8. The molecule has 6 rings (SSSR count). The number of halogens is 1. The van der Waals surface area contributed by atoms with E-state index in [1.54, 1.807) is 4.90 Å². The molecule has 0 bridgehead atoms. The summed E-state index contributed by atoms with van der Waals surface area (Å²) in [6.07, 6.45) is 6.34. The first-order chi connectivity index (χ1) is 17.9. The largest absolute Gasteiger partial charge is 0.465 e. The van der Waals surface area contributed by atoms with E-state index in [1.807, 2.05) is 6.20 Å². The lowest BCUT2D eigenvalue weighted by molar-refractivity contribution is -0.159. The maximum atomic E-state index is 11.8. The van der Waals surface area contributed by atoms with Crippen molar-refractivity contribution in [2.75, 3.05) is 13.2 Å². The second-order valence-corrected chi connectivity index (χ2v) is 13.6. The van der Waals surface area contributed by atoms with Gasteiger partial charge in [0.15, 0.2) is 6.23 Å². The van der Waals surface area contributed by atoms with E-state index >= 15 is 0 Å². The molecule has 3 aliphatic rings. The Balaban J connectivity index is 1.36. The Labute approximate surface area is 232 Å². The molecule has 9 heteroatoms. The molecule has 1 N–H and O–H groups in total. The number of rotatable bonds is 3. The zero-order chi connectivity index (χ0) is 27.1. The quantitative estimate of drug-likeness (QED) is 0.367. The molecule has 204 valence electrons. The minimum absolute atomic E-state index is 0.0171. The molecule has 2 atom stereocenters. The Morgan fingerprint density at radius 2 is 1.97 bits per heavy atom. The van der Waals surface area contributed by atoms with Crippen LogP contribution in [0.5, 0.6) is 0 Å². The van der Waals surface area contributed by atoms with Gasteiger partial charge in [-0.3, -0.25) is 0 Å². The first-order valence-electron chi connectivity index (χ1n) is 13.7. The second-order valence-electron chi connectivity index (χ2n) is 12.9. The highest BCUT2D eigenvalue weighted by Gasteiger charge is 2.64. The molecule has 38 heavy (non-hydrogen) atoms. The van der Waals surface area contributed by atoms with Gasteiger partial charge in [0.05, 0.1) is 17.4 Å². The summed E-state index contributed by atoms with van der Waals surface area (Å²) >= 11 is 3.82. The lowest BCUT2D eigenvalue weighted by Gasteiger charge is -2.67. The van der Waals surface area contributed by atoms with Crippen LogP contribution in [0.15, 0.2) is 16.9 Å². The van der Waals surface area contributed by atoms with Gasteiger partial charge >= 0.3 is 6.09 Å². The van der Waals surface area contributed by atoms with Crippen LogP contribution in [0.3, 0.4) is 0 Å². The van der Waals surface area contributed by atoms with Gasteiger partial charge in [0.25, 0.3) is 0 Å². The summed E-state index contributed by atoms with van der Waals surface area (Å²) in [7, 11) is 2.11. The molecule has 1 aromatic carbocycles. The minimum atomic E-state index is -0.806. The number of imidazole rings is 1. The van der Waals surface area contributed by atoms with Crippen molar-refractivity contribution in [3.05, 3.63) is 33.8 Å². The third-order valence-corrected chi connectivity index (χ3v) is 9.84. The summed E-state index contributed by atoms with van der Waals surface area (Å²) in [5, 5.41) is 15.6. The first kappa shape index (κ1) is 25.9. The number of aromatic nitrogens is 4. The summed E-state index contributed by atoms with van der Waals surface area (Å²) < 4.78 is 11.2. The zero-order valence-corrected chi connectivity index (χ0v) is 24.8. The predicted octanol–water partition coefficient (Wildman–Crippen LogP) is 6.79. The van der Waals surface area contributed by atoms with Gasteiger partial charge < -0.3 is 19.3 Å². The van der Waals surface area contributed by atoms with Crippen LogP contribution in [0.25, 0.3) is 22.2 Å². The van der Waals surface area contributed by atoms with Gasteiger partial charge in [-0.05, 0) is 84.5 Å². The van der Waals surface area contributed by atoms with Gasteiger partial charge in [-0.2, -0.15) is 5.10 Å². The van der Waals surface area contributed by atoms with Gasteiger partial charge in [0, 0.05) is 48.5 Å². The minimum Gasteiger partial charge on any atom is -0.465 e. The van der Waals surface area contributed by atoms with Crippen molar-refractivity contribution in [3.63, 3.8) is 0 Å². The van der Waals surface area contributed by atoms with Crippen LogP contribution in [0, 0.1) is 24.7 Å². The fraction of sp³-hybridized carbons (Fsp3) is 0.621. The average molecular weight is 585 g/mol. The van der Waals surface area contributed by atoms with E-state index in [9.17, 15) is 9.90 Å². The molecular formula is C29H38BrN5O3. The van der Waals surface area contributed by atoms with Crippen LogP contribution >= 0.6 is 15.9 Å². The van der Waals surface area contributed by atoms with E-state index in [0.29, 0.717) is 12.5 Å². The highest BCUT2D eigenvalue weighted by molar-refractivity contribution is 9.10. The summed E-state index contributed by atoms with van der Waals surface area (Å²) in [5.41, 5.74) is 5.74. The summed E-state index contributed by atoms with van der Waals surface area (Å²) in [6.45, 7) is 12.2. The number of likely N-dealkylation sites (tertiary alicyclic amines) is 1. The Kier molecular flexibility index (Phi) is 6.00. The molecule has 2 aromatic heterocycles. The number of fused-ring (bicyclic) bond motifs is 1. The van der Waals surface area contributed by atoms with E-state index in [4.69, 9.17) is 14.8 Å². The molecule has 2 unspecified atom stereocenters. The molecule has 1 amide bonds. The van der Waals surface area contributed by atoms with E-state index in [-0.39, 0.29) is 23.1 Å². The van der Waals surface area contributed by atoms with Crippen molar-refractivity contribution < 1.29 is 14.6 Å². The fourth-order valence-corrected chi connectivity index (χ4v) is 8.39. The zero-order valence-electron chi connectivity index (χ0n) is 23.2. The van der Waals surface area contributed by atoms with Gasteiger partial charge in [0.1, 0.15) is 10.4 Å². The lowest BCUT2D eigenvalue weighted by Crippen LogP contribution is -2.73. The highest BCUT2D eigenvalue weighted by Crippen LogP contribution is 2.63. The van der Waals surface area contributed by atoms with Gasteiger partial charge in [-0.25, -0.2) is 14.5 Å². The lowest BCUT2D eigenvalue weighted by atomic mass is 9.48. The van der Waals surface area contributed by atoms with E-state index in [1.165, 1.54) is 11.1 Å². The number of carboxylic acid groups (broad SMARTS) is 1. The molecule has 1 saturated carbocycles. The van der Waals surface area contributed by atoms with E-state index < -0.39 is 6.09 Å². The van der Waals surface area contributed by atoms with Crippen molar-refractivity contribution in [1.29, 1.82) is 0 Å². The molecule has 2 saturated heterocycles. The van der Waals surface area contributed by atoms with Gasteiger partial charge in [-0.1, -0.05) is 20.8 Å². The number of carbonyl (C=O) groups is 1.